The highest BCUT2D eigenvalue weighted by Crippen LogP contribution is 2.35. The van der Waals surface area contributed by atoms with Crippen molar-refractivity contribution in [3.63, 3.8) is 0 Å². The minimum Gasteiger partial charge on any atom is -0.453 e. The van der Waals surface area contributed by atoms with Gasteiger partial charge in [0.25, 0.3) is 15.9 Å². The summed E-state index contributed by atoms with van der Waals surface area (Å²) in [4.78, 5) is 24.7. The molecule has 2 amide bonds. The van der Waals surface area contributed by atoms with Crippen molar-refractivity contribution in [3.05, 3.63) is 81.1 Å². The van der Waals surface area contributed by atoms with Crippen LogP contribution < -0.4 is 20.5 Å². The summed E-state index contributed by atoms with van der Waals surface area (Å²) in [5.74, 6) is -2.84. The van der Waals surface area contributed by atoms with Gasteiger partial charge >= 0.3 is 0 Å². The molecule has 3 rings (SSSR count). The standard InChI is InChI=1S/C27H25Cl2FN4O5S/c1-14(2)25(32)27(36)34-40(37,38)20-5-7-22(15(3)8-20)33-23(35)11-17-4-6-21(29)26(24(17)30)39-19-10-16(13-31)9-18(28)12-19/h4-10,12,14,25H,11,32H2,1-3H3,(H,33,35)(H,34,36). The van der Waals surface area contributed by atoms with E-state index in [1.54, 1.807) is 20.8 Å². The van der Waals surface area contributed by atoms with Crippen LogP contribution >= 0.6 is 23.2 Å². The number of nitrogens with one attached hydrogen (secondary N) is 2. The number of carbonyl (C=O) groups is 2. The fourth-order valence-electron chi connectivity index (χ4n) is 3.48. The first-order valence-corrected chi connectivity index (χ1v) is 14.0. The van der Waals surface area contributed by atoms with Crippen molar-refractivity contribution < 1.29 is 27.1 Å². The van der Waals surface area contributed by atoms with Crippen LogP contribution in [0.2, 0.25) is 10.0 Å². The molecule has 0 aliphatic heterocycles. The van der Waals surface area contributed by atoms with Gasteiger partial charge in [-0.1, -0.05) is 43.1 Å². The zero-order valence-electron chi connectivity index (χ0n) is 21.6. The van der Waals surface area contributed by atoms with Crippen molar-refractivity contribution in [2.45, 2.75) is 38.1 Å². The van der Waals surface area contributed by atoms with Crippen molar-refractivity contribution in [1.29, 1.82) is 5.26 Å². The van der Waals surface area contributed by atoms with E-state index in [0.29, 0.717) is 5.56 Å². The van der Waals surface area contributed by atoms with E-state index in [9.17, 15) is 18.0 Å². The third kappa shape index (κ3) is 7.49. The summed E-state index contributed by atoms with van der Waals surface area (Å²) in [6.45, 7) is 4.94. The fraction of sp³-hybridized carbons (Fsp3) is 0.222. The molecule has 0 aromatic heterocycles. The van der Waals surface area contributed by atoms with E-state index in [1.165, 1.54) is 48.5 Å². The van der Waals surface area contributed by atoms with Crippen LogP contribution in [-0.2, 0) is 26.0 Å². The van der Waals surface area contributed by atoms with E-state index in [-0.39, 0.29) is 49.2 Å². The van der Waals surface area contributed by atoms with Crippen LogP contribution in [0.5, 0.6) is 11.5 Å². The Morgan fingerprint density at radius 3 is 2.45 bits per heavy atom. The first kappa shape index (κ1) is 30.8. The maximum absolute atomic E-state index is 15.3. The van der Waals surface area contributed by atoms with Crippen LogP contribution in [-0.4, -0.2) is 26.3 Å². The zero-order chi connectivity index (χ0) is 29.8. The molecule has 1 unspecified atom stereocenters. The molecule has 0 spiro atoms. The molecule has 210 valence electrons. The minimum absolute atomic E-state index is 0.0273. The van der Waals surface area contributed by atoms with Gasteiger partial charge in [-0.3, -0.25) is 9.59 Å². The number of hydrogen-bond acceptors (Lipinski definition) is 7. The van der Waals surface area contributed by atoms with Crippen LogP contribution in [0.1, 0.15) is 30.5 Å². The number of ether oxygens (including phenoxy) is 1. The molecule has 3 aromatic rings. The van der Waals surface area contributed by atoms with E-state index < -0.39 is 40.1 Å². The summed E-state index contributed by atoms with van der Waals surface area (Å²) in [6, 6.07) is 11.6. The lowest BCUT2D eigenvalue weighted by Gasteiger charge is -2.16. The zero-order valence-corrected chi connectivity index (χ0v) is 23.9. The molecule has 0 saturated carbocycles. The van der Waals surface area contributed by atoms with Gasteiger partial charge < -0.3 is 15.8 Å². The van der Waals surface area contributed by atoms with Crippen molar-refractivity contribution in [3.8, 4) is 17.6 Å². The normalized spacial score (nSPS) is 12.0. The molecule has 13 heteroatoms. The van der Waals surface area contributed by atoms with E-state index in [1.807, 2.05) is 10.8 Å². The highest BCUT2D eigenvalue weighted by atomic mass is 35.5. The molecule has 3 aromatic carbocycles. The Labute approximate surface area is 241 Å². The quantitative estimate of drug-likeness (QED) is 0.307. The third-order valence-electron chi connectivity index (χ3n) is 5.74. The number of nitrogens with two attached hydrogens (primary N) is 1. The lowest BCUT2D eigenvalue weighted by Crippen LogP contribution is -2.46. The highest BCUT2D eigenvalue weighted by molar-refractivity contribution is 7.90. The molecule has 9 nitrogen and oxygen atoms in total. The summed E-state index contributed by atoms with van der Waals surface area (Å²) >= 11 is 12.1. The van der Waals surface area contributed by atoms with Crippen LogP contribution in [0.4, 0.5) is 10.1 Å². The van der Waals surface area contributed by atoms with Crippen LogP contribution in [0.25, 0.3) is 0 Å². The van der Waals surface area contributed by atoms with Gasteiger partial charge in [0.2, 0.25) is 5.91 Å². The molecule has 0 saturated heterocycles. The van der Waals surface area contributed by atoms with Crippen LogP contribution in [0, 0.1) is 30.0 Å². The van der Waals surface area contributed by atoms with Crippen molar-refractivity contribution in [2.24, 2.45) is 11.7 Å². The van der Waals surface area contributed by atoms with E-state index in [4.69, 9.17) is 38.9 Å². The summed E-state index contributed by atoms with van der Waals surface area (Å²) in [5, 5.41) is 11.9. The van der Waals surface area contributed by atoms with E-state index in [0.717, 1.165) is 0 Å². The Morgan fingerprint density at radius 1 is 1.12 bits per heavy atom. The summed E-state index contributed by atoms with van der Waals surface area (Å²) in [5.41, 5.74) is 6.55. The smallest absolute Gasteiger partial charge is 0.264 e. The number of nitriles is 1. The van der Waals surface area contributed by atoms with Gasteiger partial charge in [-0.25, -0.2) is 17.5 Å². The summed E-state index contributed by atoms with van der Waals surface area (Å²) in [7, 11) is -4.20. The lowest BCUT2D eigenvalue weighted by atomic mass is 10.1. The maximum Gasteiger partial charge on any atom is 0.264 e. The van der Waals surface area contributed by atoms with Gasteiger partial charge in [-0.15, -0.1) is 0 Å². The maximum atomic E-state index is 15.3. The first-order chi connectivity index (χ1) is 18.7. The molecule has 4 N–H and O–H groups in total. The van der Waals surface area contributed by atoms with Crippen molar-refractivity contribution in [2.75, 3.05) is 5.32 Å². The van der Waals surface area contributed by atoms with Crippen molar-refractivity contribution >= 4 is 50.7 Å². The number of benzene rings is 3. The molecule has 0 aliphatic carbocycles. The number of hydrogen-bond donors (Lipinski definition) is 3. The monoisotopic (exact) mass is 606 g/mol. The third-order valence-corrected chi connectivity index (χ3v) is 7.60. The Kier molecular flexibility index (Phi) is 9.76. The number of sulfonamides is 1. The van der Waals surface area contributed by atoms with Crippen LogP contribution in [0.3, 0.4) is 0 Å². The number of amides is 2. The number of carbonyl (C=O) groups excluding carboxylic acids is 2. The number of rotatable bonds is 9. The predicted molar refractivity (Wildman–Crippen MR) is 149 cm³/mol. The molecule has 0 aliphatic rings. The van der Waals surface area contributed by atoms with Crippen LogP contribution in [0.15, 0.2) is 53.4 Å². The molecular formula is C27H25Cl2FN4O5S. The molecular weight excluding hydrogens is 582 g/mol. The Bertz CT molecular complexity index is 1620. The molecule has 1 atom stereocenters. The van der Waals surface area contributed by atoms with Gasteiger partial charge in [0, 0.05) is 16.3 Å². The van der Waals surface area contributed by atoms with E-state index >= 15 is 4.39 Å². The van der Waals surface area contributed by atoms with Gasteiger partial charge in [0.05, 0.1) is 34.0 Å². The number of nitrogens with zero attached hydrogens (tertiary/aromatic N) is 1. The molecule has 0 fully saturated rings. The fourth-order valence-corrected chi connectivity index (χ4v) is 4.99. The molecule has 40 heavy (non-hydrogen) atoms. The second kappa shape index (κ2) is 12.7. The molecule has 0 radical (unpaired) electrons. The summed E-state index contributed by atoms with van der Waals surface area (Å²) < 4.78 is 48.0. The first-order valence-electron chi connectivity index (χ1n) is 11.8. The lowest BCUT2D eigenvalue weighted by molar-refractivity contribution is -0.121. The Balaban J connectivity index is 1.76. The average molecular weight is 607 g/mol. The predicted octanol–water partition coefficient (Wildman–Crippen LogP) is 5.07. The van der Waals surface area contributed by atoms with Gasteiger partial charge in [-0.05, 0) is 60.9 Å². The molecule has 0 bridgehead atoms. The number of halogens is 3. The largest absolute Gasteiger partial charge is 0.453 e. The number of anilines is 1. The second-order valence-corrected chi connectivity index (χ2v) is 11.7. The average Bonchev–Trinajstić information content (AvgIpc) is 2.88. The van der Waals surface area contributed by atoms with E-state index in [2.05, 4.69) is 5.32 Å². The van der Waals surface area contributed by atoms with Gasteiger partial charge in [-0.2, -0.15) is 5.26 Å². The second-order valence-electron chi connectivity index (χ2n) is 9.18. The van der Waals surface area contributed by atoms with Crippen molar-refractivity contribution in [1.82, 2.24) is 4.72 Å². The SMILES string of the molecule is Cc1cc(S(=O)(=O)NC(=O)C(N)C(C)C)ccc1NC(=O)Cc1ccc(Cl)c(Oc2cc(Cl)cc(C#N)c2)c1F. The molecule has 0 heterocycles. The highest BCUT2D eigenvalue weighted by Gasteiger charge is 2.25. The Morgan fingerprint density at radius 2 is 1.82 bits per heavy atom. The van der Waals surface area contributed by atoms with Gasteiger partial charge in [0.15, 0.2) is 11.6 Å². The Hall–Kier alpha value is -3.69. The van der Waals surface area contributed by atoms with Gasteiger partial charge in [0.1, 0.15) is 5.75 Å². The number of aryl methyl sites for hydroxylation is 1. The topological polar surface area (TPSA) is 151 Å². The minimum atomic E-state index is -4.20. The summed E-state index contributed by atoms with van der Waals surface area (Å²) in [6.07, 6.45) is -0.402.